The molecule has 0 amide bonds. The summed E-state index contributed by atoms with van der Waals surface area (Å²) in [6, 6.07) is 13.2. The number of anilines is 1. The number of thiophene rings is 1. The molecule has 0 unspecified atom stereocenters. The molecular weight excluding hydrogens is 262 g/mol. The minimum atomic E-state index is 0.880. The maximum Gasteiger partial charge on any atom is 0.0589 e. The number of hydrogen-bond donors (Lipinski definition) is 1. The standard InChI is InChI=1S/C18H15NS/c1-2-6-12-19-17-13(7-3-1)10-11-15-14-8-4-5-9-16(14)20-18(15)17/h1-6,8-11,19H,7,12H2. The highest BCUT2D eigenvalue weighted by Gasteiger charge is 2.11. The predicted molar refractivity (Wildman–Crippen MR) is 89.8 cm³/mol. The SMILES string of the molecule is C1=CCNc2c(ccc3c2sc2ccccc23)CC=C1. The molecule has 3 aromatic rings. The molecule has 2 heterocycles. The van der Waals surface area contributed by atoms with Gasteiger partial charge in [-0.3, -0.25) is 0 Å². The molecule has 20 heavy (non-hydrogen) atoms. The molecule has 0 saturated heterocycles. The fourth-order valence-corrected chi connectivity index (χ4v) is 4.02. The van der Waals surface area contributed by atoms with Gasteiger partial charge < -0.3 is 5.32 Å². The fraction of sp³-hybridized carbons (Fsp3) is 0.111. The van der Waals surface area contributed by atoms with E-state index in [0.29, 0.717) is 0 Å². The average molecular weight is 277 g/mol. The summed E-state index contributed by atoms with van der Waals surface area (Å²) in [6.45, 7) is 0.880. The number of allylic oxidation sites excluding steroid dienone is 3. The quantitative estimate of drug-likeness (QED) is 0.600. The normalized spacial score (nSPS) is 14.6. The summed E-state index contributed by atoms with van der Waals surface area (Å²) in [6.07, 6.45) is 9.61. The van der Waals surface area contributed by atoms with Gasteiger partial charge in [-0.05, 0) is 18.1 Å². The lowest BCUT2D eigenvalue weighted by Gasteiger charge is -2.10. The molecule has 1 nitrogen and oxygen atoms in total. The first-order valence-electron chi connectivity index (χ1n) is 6.92. The van der Waals surface area contributed by atoms with E-state index in [-0.39, 0.29) is 0 Å². The Morgan fingerprint density at radius 3 is 2.80 bits per heavy atom. The molecule has 0 bridgehead atoms. The molecule has 0 radical (unpaired) electrons. The van der Waals surface area contributed by atoms with Crippen molar-refractivity contribution < 1.29 is 0 Å². The largest absolute Gasteiger partial charge is 0.380 e. The van der Waals surface area contributed by atoms with E-state index in [1.807, 2.05) is 11.3 Å². The molecule has 4 rings (SSSR count). The highest BCUT2D eigenvalue weighted by Crippen LogP contribution is 2.40. The van der Waals surface area contributed by atoms with Crippen LogP contribution in [0, 0.1) is 0 Å². The maximum absolute atomic E-state index is 3.59. The van der Waals surface area contributed by atoms with Gasteiger partial charge in [0.05, 0.1) is 10.4 Å². The summed E-state index contributed by atoms with van der Waals surface area (Å²) < 4.78 is 2.75. The Hall–Kier alpha value is -2.06. The molecule has 0 spiro atoms. The Balaban J connectivity index is 2.02. The van der Waals surface area contributed by atoms with Crippen molar-refractivity contribution in [1.82, 2.24) is 0 Å². The van der Waals surface area contributed by atoms with Gasteiger partial charge in [0, 0.05) is 22.0 Å². The molecule has 0 aliphatic carbocycles. The van der Waals surface area contributed by atoms with Gasteiger partial charge >= 0.3 is 0 Å². The fourth-order valence-electron chi connectivity index (χ4n) is 2.77. The van der Waals surface area contributed by atoms with Gasteiger partial charge in [-0.2, -0.15) is 0 Å². The summed E-state index contributed by atoms with van der Waals surface area (Å²) >= 11 is 1.89. The molecule has 2 heteroatoms. The van der Waals surface area contributed by atoms with Crippen LogP contribution in [0.25, 0.3) is 20.2 Å². The molecule has 1 aliphatic rings. The lowest BCUT2D eigenvalue weighted by molar-refractivity contribution is 1.25. The van der Waals surface area contributed by atoms with E-state index in [1.54, 1.807) is 0 Å². The van der Waals surface area contributed by atoms with Crippen molar-refractivity contribution in [3.8, 4) is 0 Å². The molecule has 1 N–H and O–H groups in total. The average Bonchev–Trinajstić information content (AvgIpc) is 2.90. The van der Waals surface area contributed by atoms with Crippen molar-refractivity contribution in [3.63, 3.8) is 0 Å². The molecule has 1 aliphatic heterocycles. The van der Waals surface area contributed by atoms with Crippen LogP contribution in [0.15, 0.2) is 60.7 Å². The van der Waals surface area contributed by atoms with Gasteiger partial charge in [0.1, 0.15) is 0 Å². The van der Waals surface area contributed by atoms with Crippen molar-refractivity contribution in [2.24, 2.45) is 0 Å². The number of fused-ring (bicyclic) bond motifs is 5. The minimum Gasteiger partial charge on any atom is -0.380 e. The van der Waals surface area contributed by atoms with Crippen LogP contribution in [0.1, 0.15) is 5.56 Å². The summed E-state index contributed by atoms with van der Waals surface area (Å²) in [7, 11) is 0. The molecule has 2 aromatic carbocycles. The first-order chi connectivity index (χ1) is 9.93. The van der Waals surface area contributed by atoms with Crippen molar-refractivity contribution in [1.29, 1.82) is 0 Å². The Morgan fingerprint density at radius 2 is 1.80 bits per heavy atom. The van der Waals surface area contributed by atoms with E-state index in [4.69, 9.17) is 0 Å². The van der Waals surface area contributed by atoms with Crippen molar-refractivity contribution in [2.75, 3.05) is 11.9 Å². The lowest BCUT2D eigenvalue weighted by Crippen LogP contribution is -2.01. The maximum atomic E-state index is 3.59. The Bertz CT molecular complexity index is 839. The van der Waals surface area contributed by atoms with Crippen LogP contribution >= 0.6 is 11.3 Å². The summed E-state index contributed by atoms with van der Waals surface area (Å²) in [5, 5.41) is 6.32. The molecule has 0 saturated carbocycles. The Kier molecular flexibility index (Phi) is 2.82. The van der Waals surface area contributed by atoms with Crippen LogP contribution in [-0.2, 0) is 6.42 Å². The van der Waals surface area contributed by atoms with E-state index in [1.165, 1.54) is 31.4 Å². The monoisotopic (exact) mass is 277 g/mol. The van der Waals surface area contributed by atoms with Crippen molar-refractivity contribution in [3.05, 3.63) is 66.3 Å². The van der Waals surface area contributed by atoms with Gasteiger partial charge in [-0.15, -0.1) is 11.3 Å². The van der Waals surface area contributed by atoms with Crippen molar-refractivity contribution in [2.45, 2.75) is 6.42 Å². The molecule has 0 atom stereocenters. The molecule has 1 aromatic heterocycles. The zero-order chi connectivity index (χ0) is 13.4. The van der Waals surface area contributed by atoms with Gasteiger partial charge in [-0.25, -0.2) is 0 Å². The lowest BCUT2D eigenvalue weighted by atomic mass is 10.1. The number of benzene rings is 2. The highest BCUT2D eigenvalue weighted by atomic mass is 32.1. The second kappa shape index (κ2) is 4.80. The zero-order valence-corrected chi connectivity index (χ0v) is 11.9. The van der Waals surface area contributed by atoms with E-state index in [9.17, 15) is 0 Å². The first-order valence-corrected chi connectivity index (χ1v) is 7.74. The number of rotatable bonds is 0. The van der Waals surface area contributed by atoms with Gasteiger partial charge in [-0.1, -0.05) is 54.6 Å². The van der Waals surface area contributed by atoms with E-state index < -0.39 is 0 Å². The first kappa shape index (κ1) is 11.7. The second-order valence-electron chi connectivity index (χ2n) is 5.02. The van der Waals surface area contributed by atoms with E-state index in [0.717, 1.165) is 13.0 Å². The van der Waals surface area contributed by atoms with Crippen LogP contribution in [-0.4, -0.2) is 6.54 Å². The smallest absolute Gasteiger partial charge is 0.0589 e. The van der Waals surface area contributed by atoms with Gasteiger partial charge in [0.25, 0.3) is 0 Å². The summed E-state index contributed by atoms with van der Waals surface area (Å²) in [4.78, 5) is 0. The predicted octanol–water partition coefficient (Wildman–Crippen LogP) is 5.13. The van der Waals surface area contributed by atoms with E-state index in [2.05, 4.69) is 66.0 Å². The molecule has 0 fully saturated rings. The zero-order valence-electron chi connectivity index (χ0n) is 11.1. The number of hydrogen-bond acceptors (Lipinski definition) is 2. The third kappa shape index (κ3) is 1.84. The third-order valence-corrected chi connectivity index (χ3v) is 4.96. The Labute approximate surface area is 122 Å². The van der Waals surface area contributed by atoms with Crippen LogP contribution in [0.3, 0.4) is 0 Å². The Morgan fingerprint density at radius 1 is 0.900 bits per heavy atom. The van der Waals surface area contributed by atoms with Crippen LogP contribution in [0.5, 0.6) is 0 Å². The molecular formula is C18H15NS. The van der Waals surface area contributed by atoms with E-state index >= 15 is 0 Å². The summed E-state index contributed by atoms with van der Waals surface area (Å²) in [5.74, 6) is 0. The minimum absolute atomic E-state index is 0.880. The van der Waals surface area contributed by atoms with Gasteiger partial charge in [0.15, 0.2) is 0 Å². The molecule has 98 valence electrons. The van der Waals surface area contributed by atoms with Gasteiger partial charge in [0.2, 0.25) is 0 Å². The van der Waals surface area contributed by atoms with Crippen LogP contribution < -0.4 is 5.32 Å². The van der Waals surface area contributed by atoms with Crippen LogP contribution in [0.2, 0.25) is 0 Å². The van der Waals surface area contributed by atoms with Crippen LogP contribution in [0.4, 0.5) is 5.69 Å². The topological polar surface area (TPSA) is 12.0 Å². The second-order valence-corrected chi connectivity index (χ2v) is 6.07. The number of nitrogens with one attached hydrogen (secondary N) is 1. The highest BCUT2D eigenvalue weighted by molar-refractivity contribution is 7.26. The summed E-state index contributed by atoms with van der Waals surface area (Å²) in [5.41, 5.74) is 2.68. The van der Waals surface area contributed by atoms with Crippen molar-refractivity contribution >= 4 is 37.2 Å². The third-order valence-electron chi connectivity index (χ3n) is 3.75.